The molecule has 4 N–H and O–H groups in total. The zero-order valence-electron chi connectivity index (χ0n) is 8.88. The molecule has 1 rings (SSSR count). The Labute approximate surface area is 85.6 Å². The van der Waals surface area contributed by atoms with Gasteiger partial charge in [0.05, 0.1) is 0 Å². The van der Waals surface area contributed by atoms with Gasteiger partial charge in [0.25, 0.3) is 0 Å². The van der Waals surface area contributed by atoms with Crippen molar-refractivity contribution in [3.63, 3.8) is 0 Å². The molecule has 0 unspecified atom stereocenters. The van der Waals surface area contributed by atoms with Gasteiger partial charge >= 0.3 is 0 Å². The van der Waals surface area contributed by atoms with Crippen molar-refractivity contribution >= 4 is 11.3 Å². The summed E-state index contributed by atoms with van der Waals surface area (Å²) in [6.07, 6.45) is 3.78. The Morgan fingerprint density at radius 1 is 1.43 bits per heavy atom. The van der Waals surface area contributed by atoms with Gasteiger partial charge < -0.3 is 11.5 Å². The van der Waals surface area contributed by atoms with Crippen molar-refractivity contribution in [2.45, 2.75) is 26.7 Å². The number of anilines is 1. The molecule has 0 aromatic heterocycles. The predicted molar refractivity (Wildman–Crippen MR) is 62.7 cm³/mol. The molecule has 2 nitrogen and oxygen atoms in total. The first kappa shape index (κ1) is 10.6. The Bertz CT molecular complexity index is 340. The van der Waals surface area contributed by atoms with E-state index in [4.69, 9.17) is 11.5 Å². The van der Waals surface area contributed by atoms with Gasteiger partial charge in [0, 0.05) is 5.69 Å². The molecule has 0 bridgehead atoms. The molecule has 0 amide bonds. The molecule has 14 heavy (non-hydrogen) atoms. The molecule has 0 aliphatic rings. The minimum atomic E-state index is 0.793. The van der Waals surface area contributed by atoms with Crippen LogP contribution in [0.4, 0.5) is 5.69 Å². The molecular weight excluding hydrogens is 172 g/mol. The van der Waals surface area contributed by atoms with Gasteiger partial charge in [-0.15, -0.1) is 0 Å². The summed E-state index contributed by atoms with van der Waals surface area (Å²) in [7, 11) is 0. The van der Waals surface area contributed by atoms with Crippen LogP contribution in [0.1, 0.15) is 30.9 Å². The van der Waals surface area contributed by atoms with Crippen molar-refractivity contribution in [1.29, 1.82) is 0 Å². The fourth-order valence-corrected chi connectivity index (χ4v) is 1.56. The van der Waals surface area contributed by atoms with Gasteiger partial charge in [-0.1, -0.05) is 19.4 Å². The first-order valence-corrected chi connectivity index (χ1v) is 4.96. The molecule has 2 heteroatoms. The molecule has 0 saturated heterocycles. The van der Waals surface area contributed by atoms with E-state index in [9.17, 15) is 0 Å². The first-order valence-electron chi connectivity index (χ1n) is 4.96. The highest BCUT2D eigenvalue weighted by atomic mass is 14.5. The molecule has 0 heterocycles. The lowest BCUT2D eigenvalue weighted by atomic mass is 9.97. The van der Waals surface area contributed by atoms with Crippen molar-refractivity contribution in [2.75, 3.05) is 5.73 Å². The Morgan fingerprint density at radius 3 is 2.71 bits per heavy atom. The standard InChI is InChI=1S/C12H18N2/c1-3-4-10(8-13)12-7-11(14)6-5-9(12)2/h5-8H,3-4,13-14H2,1-2H3/b10-8-. The molecule has 0 atom stereocenters. The summed E-state index contributed by atoms with van der Waals surface area (Å²) in [4.78, 5) is 0. The summed E-state index contributed by atoms with van der Waals surface area (Å²) in [5.41, 5.74) is 15.7. The van der Waals surface area contributed by atoms with E-state index in [0.717, 1.165) is 18.5 Å². The number of rotatable bonds is 3. The molecule has 1 aromatic carbocycles. The molecular formula is C12H18N2. The SMILES string of the molecule is CCC/C(=C/N)c1cc(N)ccc1C. The lowest BCUT2D eigenvalue weighted by Gasteiger charge is -2.10. The van der Waals surface area contributed by atoms with E-state index < -0.39 is 0 Å². The van der Waals surface area contributed by atoms with Crippen LogP contribution in [-0.2, 0) is 0 Å². The monoisotopic (exact) mass is 190 g/mol. The van der Waals surface area contributed by atoms with E-state index in [1.807, 2.05) is 18.2 Å². The van der Waals surface area contributed by atoms with Crippen molar-refractivity contribution in [2.24, 2.45) is 5.73 Å². The van der Waals surface area contributed by atoms with Gasteiger partial charge in [-0.2, -0.15) is 0 Å². The lowest BCUT2D eigenvalue weighted by molar-refractivity contribution is 0.969. The number of benzene rings is 1. The zero-order chi connectivity index (χ0) is 10.6. The molecule has 76 valence electrons. The molecule has 0 fully saturated rings. The molecule has 0 spiro atoms. The van der Waals surface area contributed by atoms with Crippen molar-refractivity contribution in [3.05, 3.63) is 35.5 Å². The number of hydrogen-bond donors (Lipinski definition) is 2. The highest BCUT2D eigenvalue weighted by Crippen LogP contribution is 2.24. The lowest BCUT2D eigenvalue weighted by Crippen LogP contribution is -1.95. The Hall–Kier alpha value is -1.44. The van der Waals surface area contributed by atoms with Crippen LogP contribution < -0.4 is 11.5 Å². The topological polar surface area (TPSA) is 52.0 Å². The molecule has 0 saturated carbocycles. The van der Waals surface area contributed by atoms with Gasteiger partial charge in [0.15, 0.2) is 0 Å². The average molecular weight is 190 g/mol. The summed E-state index contributed by atoms with van der Waals surface area (Å²) >= 11 is 0. The molecule has 0 aliphatic heterocycles. The third kappa shape index (κ3) is 2.28. The Balaban J connectivity index is 3.09. The van der Waals surface area contributed by atoms with Crippen LogP contribution in [0.2, 0.25) is 0 Å². The van der Waals surface area contributed by atoms with Crippen molar-refractivity contribution in [1.82, 2.24) is 0 Å². The second-order valence-corrected chi connectivity index (χ2v) is 3.52. The zero-order valence-corrected chi connectivity index (χ0v) is 8.88. The maximum Gasteiger partial charge on any atom is 0.0320 e. The summed E-state index contributed by atoms with van der Waals surface area (Å²) < 4.78 is 0. The number of allylic oxidation sites excluding steroid dienone is 1. The quantitative estimate of drug-likeness (QED) is 0.720. The van der Waals surface area contributed by atoms with E-state index in [1.165, 1.54) is 16.7 Å². The van der Waals surface area contributed by atoms with E-state index in [-0.39, 0.29) is 0 Å². The van der Waals surface area contributed by atoms with Crippen LogP contribution in [-0.4, -0.2) is 0 Å². The molecule has 0 aliphatic carbocycles. The van der Waals surface area contributed by atoms with Gasteiger partial charge in [0.1, 0.15) is 0 Å². The highest BCUT2D eigenvalue weighted by Gasteiger charge is 2.04. The fraction of sp³-hybridized carbons (Fsp3) is 0.333. The van der Waals surface area contributed by atoms with Gasteiger partial charge in [-0.25, -0.2) is 0 Å². The maximum atomic E-state index is 5.75. The second-order valence-electron chi connectivity index (χ2n) is 3.52. The van der Waals surface area contributed by atoms with Gasteiger partial charge in [0.2, 0.25) is 0 Å². The Kier molecular flexibility index (Phi) is 3.57. The summed E-state index contributed by atoms with van der Waals surface area (Å²) in [5.74, 6) is 0. The van der Waals surface area contributed by atoms with Crippen LogP contribution in [0.3, 0.4) is 0 Å². The fourth-order valence-electron chi connectivity index (χ4n) is 1.56. The van der Waals surface area contributed by atoms with Gasteiger partial charge in [-0.05, 0) is 48.4 Å². The summed E-state index contributed by atoms with van der Waals surface area (Å²) in [6.45, 7) is 4.22. The predicted octanol–water partition coefficient (Wildman–Crippen LogP) is 2.68. The minimum Gasteiger partial charge on any atom is -0.404 e. The number of nitrogen functional groups attached to an aromatic ring is 1. The van der Waals surface area contributed by atoms with E-state index in [0.29, 0.717) is 0 Å². The number of nitrogens with two attached hydrogens (primary N) is 2. The normalized spacial score (nSPS) is 11.7. The maximum absolute atomic E-state index is 5.75. The van der Waals surface area contributed by atoms with E-state index >= 15 is 0 Å². The first-order chi connectivity index (χ1) is 6.69. The van der Waals surface area contributed by atoms with E-state index in [1.54, 1.807) is 6.20 Å². The highest BCUT2D eigenvalue weighted by molar-refractivity contribution is 5.70. The second kappa shape index (κ2) is 4.70. The third-order valence-electron chi connectivity index (χ3n) is 2.33. The number of hydrogen-bond acceptors (Lipinski definition) is 2. The van der Waals surface area contributed by atoms with Crippen LogP contribution in [0.15, 0.2) is 24.4 Å². The average Bonchev–Trinajstić information content (AvgIpc) is 2.18. The Morgan fingerprint density at radius 2 is 2.14 bits per heavy atom. The van der Waals surface area contributed by atoms with Crippen molar-refractivity contribution < 1.29 is 0 Å². The summed E-state index contributed by atoms with van der Waals surface area (Å²) in [5, 5.41) is 0. The van der Waals surface area contributed by atoms with Crippen LogP contribution in [0.25, 0.3) is 5.57 Å². The number of aryl methyl sites for hydroxylation is 1. The van der Waals surface area contributed by atoms with E-state index in [2.05, 4.69) is 13.8 Å². The largest absolute Gasteiger partial charge is 0.404 e. The van der Waals surface area contributed by atoms with Crippen LogP contribution in [0, 0.1) is 6.92 Å². The smallest absolute Gasteiger partial charge is 0.0320 e. The van der Waals surface area contributed by atoms with Crippen LogP contribution >= 0.6 is 0 Å². The van der Waals surface area contributed by atoms with Crippen LogP contribution in [0.5, 0.6) is 0 Å². The molecule has 1 aromatic rings. The van der Waals surface area contributed by atoms with Crippen molar-refractivity contribution in [3.8, 4) is 0 Å². The minimum absolute atomic E-state index is 0.793. The van der Waals surface area contributed by atoms with Gasteiger partial charge in [-0.3, -0.25) is 0 Å². The summed E-state index contributed by atoms with van der Waals surface area (Å²) in [6, 6.07) is 5.94. The molecule has 0 radical (unpaired) electrons. The third-order valence-corrected chi connectivity index (χ3v) is 2.33.